The zero-order valence-corrected chi connectivity index (χ0v) is 12.5. The van der Waals surface area contributed by atoms with Gasteiger partial charge in [0, 0.05) is 17.3 Å². The van der Waals surface area contributed by atoms with Crippen molar-refractivity contribution in [3.63, 3.8) is 0 Å². The van der Waals surface area contributed by atoms with Crippen LogP contribution in [-0.4, -0.2) is 9.97 Å². The van der Waals surface area contributed by atoms with Crippen molar-refractivity contribution in [1.29, 1.82) is 5.26 Å². The monoisotopic (exact) mass is 285 g/mol. The molecule has 0 saturated heterocycles. The van der Waals surface area contributed by atoms with E-state index in [0.717, 1.165) is 33.5 Å². The van der Waals surface area contributed by atoms with Crippen molar-refractivity contribution in [2.75, 3.05) is 0 Å². The minimum atomic E-state index is 0.699. The summed E-state index contributed by atoms with van der Waals surface area (Å²) in [5, 5.41) is 9.64. The van der Waals surface area contributed by atoms with Crippen molar-refractivity contribution in [3.8, 4) is 28.5 Å². The zero-order valence-electron chi connectivity index (χ0n) is 12.5. The standard InChI is InChI=1S/C19H15N3/c1-13-5-3-4-6-15(13)17-8-7-16(14(2)18(17)11-20)19-9-10-21-12-22-19/h3-10,12H,1-2H3. The van der Waals surface area contributed by atoms with Crippen molar-refractivity contribution in [2.45, 2.75) is 13.8 Å². The zero-order chi connectivity index (χ0) is 15.5. The Morgan fingerprint density at radius 2 is 1.68 bits per heavy atom. The third-order valence-electron chi connectivity index (χ3n) is 3.87. The number of hydrogen-bond acceptors (Lipinski definition) is 3. The van der Waals surface area contributed by atoms with Gasteiger partial charge in [0.1, 0.15) is 12.4 Å². The predicted octanol–water partition coefficient (Wildman–Crippen LogP) is 4.30. The van der Waals surface area contributed by atoms with E-state index in [1.54, 1.807) is 6.20 Å². The fourth-order valence-electron chi connectivity index (χ4n) is 2.68. The van der Waals surface area contributed by atoms with Gasteiger partial charge in [0.25, 0.3) is 0 Å². The fourth-order valence-corrected chi connectivity index (χ4v) is 2.68. The second-order valence-electron chi connectivity index (χ2n) is 5.18. The van der Waals surface area contributed by atoms with Gasteiger partial charge in [-0.25, -0.2) is 9.97 Å². The molecule has 0 N–H and O–H groups in total. The number of nitriles is 1. The molecule has 0 bridgehead atoms. The lowest BCUT2D eigenvalue weighted by Crippen LogP contribution is -1.95. The molecule has 0 saturated carbocycles. The molecule has 0 aliphatic heterocycles. The SMILES string of the molecule is Cc1ccccc1-c1ccc(-c2ccncn2)c(C)c1C#N. The van der Waals surface area contributed by atoms with Crippen molar-refractivity contribution < 1.29 is 0 Å². The highest BCUT2D eigenvalue weighted by Gasteiger charge is 2.14. The quantitative estimate of drug-likeness (QED) is 0.705. The molecule has 1 heterocycles. The summed E-state index contributed by atoms with van der Waals surface area (Å²) in [5.74, 6) is 0. The molecule has 106 valence electrons. The van der Waals surface area contributed by atoms with Crippen LogP contribution in [0.2, 0.25) is 0 Å². The van der Waals surface area contributed by atoms with Crippen molar-refractivity contribution in [1.82, 2.24) is 9.97 Å². The molecule has 3 aromatic rings. The molecule has 22 heavy (non-hydrogen) atoms. The van der Waals surface area contributed by atoms with Crippen LogP contribution in [0.3, 0.4) is 0 Å². The summed E-state index contributed by atoms with van der Waals surface area (Å²) in [6.07, 6.45) is 3.24. The van der Waals surface area contributed by atoms with E-state index in [0.29, 0.717) is 5.56 Å². The smallest absolute Gasteiger partial charge is 0.116 e. The molecule has 3 heteroatoms. The van der Waals surface area contributed by atoms with Gasteiger partial charge in [0.15, 0.2) is 0 Å². The largest absolute Gasteiger partial charge is 0.245 e. The number of aryl methyl sites for hydroxylation is 1. The minimum absolute atomic E-state index is 0.699. The van der Waals surface area contributed by atoms with Gasteiger partial charge in [-0.3, -0.25) is 0 Å². The summed E-state index contributed by atoms with van der Waals surface area (Å²) < 4.78 is 0. The Morgan fingerprint density at radius 1 is 0.909 bits per heavy atom. The summed E-state index contributed by atoms with van der Waals surface area (Å²) in [6, 6.07) is 16.4. The highest BCUT2D eigenvalue weighted by atomic mass is 14.8. The van der Waals surface area contributed by atoms with Gasteiger partial charge < -0.3 is 0 Å². The van der Waals surface area contributed by atoms with Gasteiger partial charge in [-0.05, 0) is 36.6 Å². The molecule has 0 aliphatic rings. The molecule has 0 fully saturated rings. The third kappa shape index (κ3) is 2.36. The molecule has 1 aromatic heterocycles. The second-order valence-corrected chi connectivity index (χ2v) is 5.18. The van der Waals surface area contributed by atoms with E-state index in [-0.39, 0.29) is 0 Å². The maximum absolute atomic E-state index is 9.64. The Balaban J connectivity index is 2.23. The van der Waals surface area contributed by atoms with Crippen LogP contribution in [0.1, 0.15) is 16.7 Å². The van der Waals surface area contributed by atoms with Crippen LogP contribution in [0.5, 0.6) is 0 Å². The third-order valence-corrected chi connectivity index (χ3v) is 3.87. The molecule has 0 aliphatic carbocycles. The molecule has 0 amide bonds. The Morgan fingerprint density at radius 3 is 2.36 bits per heavy atom. The first-order valence-electron chi connectivity index (χ1n) is 7.08. The van der Waals surface area contributed by atoms with E-state index in [9.17, 15) is 5.26 Å². The van der Waals surface area contributed by atoms with Crippen LogP contribution in [0, 0.1) is 25.2 Å². The maximum Gasteiger partial charge on any atom is 0.116 e. The minimum Gasteiger partial charge on any atom is -0.245 e. The molecular formula is C19H15N3. The Bertz CT molecular complexity index is 862. The van der Waals surface area contributed by atoms with Crippen molar-refractivity contribution in [2.24, 2.45) is 0 Å². The molecular weight excluding hydrogens is 270 g/mol. The average Bonchev–Trinajstić information content (AvgIpc) is 2.56. The highest BCUT2D eigenvalue weighted by Crippen LogP contribution is 2.33. The highest BCUT2D eigenvalue weighted by molar-refractivity contribution is 5.79. The summed E-state index contributed by atoms with van der Waals surface area (Å²) >= 11 is 0. The average molecular weight is 285 g/mol. The first-order valence-corrected chi connectivity index (χ1v) is 7.08. The lowest BCUT2D eigenvalue weighted by molar-refractivity contribution is 1.17. The summed E-state index contributed by atoms with van der Waals surface area (Å²) in [7, 11) is 0. The van der Waals surface area contributed by atoms with E-state index in [2.05, 4.69) is 35.1 Å². The number of rotatable bonds is 2. The van der Waals surface area contributed by atoms with Crippen LogP contribution in [-0.2, 0) is 0 Å². The van der Waals surface area contributed by atoms with Gasteiger partial charge in [-0.1, -0.05) is 36.4 Å². The van der Waals surface area contributed by atoms with E-state index in [1.165, 1.54) is 6.33 Å². The summed E-state index contributed by atoms with van der Waals surface area (Å²) in [5.41, 5.74) is 6.67. The van der Waals surface area contributed by atoms with Gasteiger partial charge >= 0.3 is 0 Å². The fraction of sp³-hybridized carbons (Fsp3) is 0.105. The van der Waals surface area contributed by atoms with Gasteiger partial charge in [0.05, 0.1) is 11.3 Å². The molecule has 0 atom stereocenters. The number of aromatic nitrogens is 2. The van der Waals surface area contributed by atoms with E-state index < -0.39 is 0 Å². The van der Waals surface area contributed by atoms with E-state index in [4.69, 9.17) is 0 Å². The normalized spacial score (nSPS) is 10.2. The molecule has 3 nitrogen and oxygen atoms in total. The first kappa shape index (κ1) is 14.0. The van der Waals surface area contributed by atoms with Crippen LogP contribution >= 0.6 is 0 Å². The summed E-state index contributed by atoms with van der Waals surface area (Å²) in [4.78, 5) is 8.23. The van der Waals surface area contributed by atoms with E-state index in [1.807, 2.05) is 37.3 Å². The molecule has 0 radical (unpaired) electrons. The van der Waals surface area contributed by atoms with Crippen LogP contribution in [0.4, 0.5) is 0 Å². The van der Waals surface area contributed by atoms with Crippen LogP contribution in [0.25, 0.3) is 22.4 Å². The van der Waals surface area contributed by atoms with E-state index >= 15 is 0 Å². The topological polar surface area (TPSA) is 49.6 Å². The molecule has 0 unspecified atom stereocenters. The predicted molar refractivity (Wildman–Crippen MR) is 87.1 cm³/mol. The lowest BCUT2D eigenvalue weighted by atomic mass is 9.90. The Labute approximate surface area is 129 Å². The van der Waals surface area contributed by atoms with Crippen LogP contribution in [0.15, 0.2) is 55.0 Å². The molecule has 0 spiro atoms. The van der Waals surface area contributed by atoms with Gasteiger partial charge in [-0.15, -0.1) is 0 Å². The van der Waals surface area contributed by atoms with Crippen molar-refractivity contribution >= 4 is 0 Å². The first-order chi connectivity index (χ1) is 10.7. The van der Waals surface area contributed by atoms with Gasteiger partial charge in [0.2, 0.25) is 0 Å². The molecule has 3 rings (SSSR count). The second kappa shape index (κ2) is 5.79. The number of nitrogens with zero attached hydrogens (tertiary/aromatic N) is 3. The van der Waals surface area contributed by atoms with Crippen LogP contribution < -0.4 is 0 Å². The van der Waals surface area contributed by atoms with Gasteiger partial charge in [-0.2, -0.15) is 5.26 Å². The maximum atomic E-state index is 9.64. The number of benzene rings is 2. The Kier molecular flexibility index (Phi) is 3.67. The van der Waals surface area contributed by atoms with Crippen molar-refractivity contribution in [3.05, 3.63) is 71.7 Å². The molecule has 2 aromatic carbocycles. The summed E-state index contributed by atoms with van der Waals surface area (Å²) in [6.45, 7) is 4.03. The number of hydrogen-bond donors (Lipinski definition) is 0. The Hall–Kier alpha value is -2.99. The lowest BCUT2D eigenvalue weighted by Gasteiger charge is -2.13.